The SMILES string of the molecule is CCCC(C)NC(=O)c1ccc(C(=O)Nc2ccc(N3CCC(N(C)C)C3)cc2)cc1. The fraction of sp³-hybridized carbons (Fsp3) is 0.440. The van der Waals surface area contributed by atoms with Crippen molar-refractivity contribution in [3.8, 4) is 0 Å². The highest BCUT2D eigenvalue weighted by Gasteiger charge is 2.24. The Hall–Kier alpha value is -2.86. The van der Waals surface area contributed by atoms with Crippen LogP contribution in [0.1, 0.15) is 53.8 Å². The van der Waals surface area contributed by atoms with Crippen molar-refractivity contribution in [1.82, 2.24) is 10.2 Å². The van der Waals surface area contributed by atoms with Crippen LogP contribution in [0.2, 0.25) is 0 Å². The van der Waals surface area contributed by atoms with Gasteiger partial charge < -0.3 is 20.4 Å². The fourth-order valence-electron chi connectivity index (χ4n) is 3.94. The molecule has 1 fully saturated rings. The van der Waals surface area contributed by atoms with Gasteiger partial charge >= 0.3 is 0 Å². The van der Waals surface area contributed by atoms with Crippen LogP contribution < -0.4 is 15.5 Å². The van der Waals surface area contributed by atoms with E-state index in [0.29, 0.717) is 17.2 Å². The van der Waals surface area contributed by atoms with E-state index in [1.807, 2.05) is 19.1 Å². The summed E-state index contributed by atoms with van der Waals surface area (Å²) < 4.78 is 0. The molecule has 2 amide bonds. The van der Waals surface area contributed by atoms with Gasteiger partial charge in [-0.25, -0.2) is 0 Å². The van der Waals surface area contributed by atoms with Crippen LogP contribution in [0.3, 0.4) is 0 Å². The van der Waals surface area contributed by atoms with Crippen molar-refractivity contribution in [2.24, 2.45) is 0 Å². The summed E-state index contributed by atoms with van der Waals surface area (Å²) in [5.74, 6) is -0.296. The lowest BCUT2D eigenvalue weighted by Crippen LogP contribution is -2.32. The molecular weight excluding hydrogens is 388 g/mol. The van der Waals surface area contributed by atoms with Gasteiger partial charge in [0.1, 0.15) is 0 Å². The van der Waals surface area contributed by atoms with Gasteiger partial charge in [0.15, 0.2) is 0 Å². The number of amides is 2. The van der Waals surface area contributed by atoms with Crippen molar-refractivity contribution >= 4 is 23.2 Å². The second-order valence-electron chi connectivity index (χ2n) is 8.59. The zero-order valence-corrected chi connectivity index (χ0v) is 19.0. The minimum absolute atomic E-state index is 0.109. The summed E-state index contributed by atoms with van der Waals surface area (Å²) in [4.78, 5) is 29.5. The quantitative estimate of drug-likeness (QED) is 0.675. The molecule has 3 rings (SSSR count). The number of nitrogens with one attached hydrogen (secondary N) is 2. The summed E-state index contributed by atoms with van der Waals surface area (Å²) in [6.45, 7) is 6.16. The molecule has 0 saturated carbocycles. The first-order valence-electron chi connectivity index (χ1n) is 11.1. The number of carbonyl (C=O) groups is 2. The number of likely N-dealkylation sites (N-methyl/N-ethyl adjacent to an activating group) is 1. The Morgan fingerprint density at radius 2 is 1.65 bits per heavy atom. The topological polar surface area (TPSA) is 64.7 Å². The highest BCUT2D eigenvalue weighted by Crippen LogP contribution is 2.24. The number of nitrogens with zero attached hydrogens (tertiary/aromatic N) is 2. The van der Waals surface area contributed by atoms with Crippen molar-refractivity contribution in [2.45, 2.75) is 45.2 Å². The molecule has 1 aliphatic heterocycles. The Morgan fingerprint density at radius 3 is 2.19 bits per heavy atom. The average molecular weight is 423 g/mol. The maximum absolute atomic E-state index is 12.6. The molecule has 6 heteroatoms. The first-order chi connectivity index (χ1) is 14.9. The molecule has 2 unspecified atom stereocenters. The minimum Gasteiger partial charge on any atom is -0.370 e. The standard InChI is InChI=1S/C25H34N4O2/c1-5-6-18(2)26-24(30)19-7-9-20(10-8-19)25(31)27-21-11-13-22(14-12-21)29-16-15-23(17-29)28(3)4/h7-14,18,23H,5-6,15-17H2,1-4H3,(H,26,30)(H,27,31). The molecule has 2 aromatic carbocycles. The molecule has 31 heavy (non-hydrogen) atoms. The second kappa shape index (κ2) is 10.4. The molecule has 0 aromatic heterocycles. The lowest BCUT2D eigenvalue weighted by atomic mass is 10.1. The van der Waals surface area contributed by atoms with Crippen LogP contribution in [0.15, 0.2) is 48.5 Å². The largest absolute Gasteiger partial charge is 0.370 e. The van der Waals surface area contributed by atoms with Gasteiger partial charge in [-0.1, -0.05) is 13.3 Å². The summed E-state index contributed by atoms with van der Waals surface area (Å²) in [7, 11) is 4.25. The Balaban J connectivity index is 1.56. The van der Waals surface area contributed by atoms with Gasteiger partial charge in [0.2, 0.25) is 0 Å². The van der Waals surface area contributed by atoms with Crippen LogP contribution in [0.5, 0.6) is 0 Å². The predicted octanol–water partition coefficient (Wildman–Crippen LogP) is 4.00. The number of rotatable bonds is 8. The molecule has 6 nitrogen and oxygen atoms in total. The average Bonchev–Trinajstić information content (AvgIpc) is 3.25. The number of carbonyl (C=O) groups excluding carboxylic acids is 2. The Morgan fingerprint density at radius 1 is 1.03 bits per heavy atom. The van der Waals surface area contributed by atoms with Gasteiger partial charge in [-0.15, -0.1) is 0 Å². The van der Waals surface area contributed by atoms with Gasteiger partial charge in [0.25, 0.3) is 11.8 Å². The smallest absolute Gasteiger partial charge is 0.255 e. The van der Waals surface area contributed by atoms with Gasteiger partial charge in [-0.2, -0.15) is 0 Å². The van der Waals surface area contributed by atoms with Crippen LogP contribution in [0, 0.1) is 0 Å². The van der Waals surface area contributed by atoms with Crippen LogP contribution in [-0.4, -0.2) is 56.0 Å². The van der Waals surface area contributed by atoms with Crippen molar-refractivity contribution in [3.05, 3.63) is 59.7 Å². The highest BCUT2D eigenvalue weighted by atomic mass is 16.2. The van der Waals surface area contributed by atoms with Crippen molar-refractivity contribution in [2.75, 3.05) is 37.4 Å². The van der Waals surface area contributed by atoms with Crippen LogP contribution in [-0.2, 0) is 0 Å². The van der Waals surface area contributed by atoms with E-state index in [-0.39, 0.29) is 17.9 Å². The summed E-state index contributed by atoms with van der Waals surface area (Å²) in [5.41, 5.74) is 3.02. The highest BCUT2D eigenvalue weighted by molar-refractivity contribution is 6.05. The number of hydrogen-bond acceptors (Lipinski definition) is 4. The normalized spacial score (nSPS) is 16.9. The summed E-state index contributed by atoms with van der Waals surface area (Å²) >= 11 is 0. The molecule has 0 spiro atoms. The Labute approximate surface area is 185 Å². The van der Waals surface area contributed by atoms with E-state index in [1.54, 1.807) is 24.3 Å². The first kappa shape index (κ1) is 22.8. The van der Waals surface area contributed by atoms with Crippen LogP contribution >= 0.6 is 0 Å². The van der Waals surface area contributed by atoms with Gasteiger partial charge in [0, 0.05) is 47.7 Å². The third-order valence-electron chi connectivity index (χ3n) is 5.89. The Bertz CT molecular complexity index is 877. The van der Waals surface area contributed by atoms with Crippen molar-refractivity contribution in [1.29, 1.82) is 0 Å². The van der Waals surface area contributed by atoms with E-state index in [4.69, 9.17) is 0 Å². The molecule has 1 saturated heterocycles. The third kappa shape index (κ3) is 6.07. The summed E-state index contributed by atoms with van der Waals surface area (Å²) in [5, 5.41) is 5.91. The van der Waals surface area contributed by atoms with Gasteiger partial charge in [0.05, 0.1) is 0 Å². The molecule has 2 aromatic rings. The number of benzene rings is 2. The molecular formula is C25H34N4O2. The number of hydrogen-bond donors (Lipinski definition) is 2. The van der Waals surface area contributed by atoms with E-state index >= 15 is 0 Å². The zero-order valence-electron chi connectivity index (χ0n) is 19.0. The first-order valence-corrected chi connectivity index (χ1v) is 11.1. The maximum atomic E-state index is 12.6. The van der Waals surface area contributed by atoms with Gasteiger partial charge in [-0.3, -0.25) is 9.59 Å². The predicted molar refractivity (Wildman–Crippen MR) is 127 cm³/mol. The molecule has 1 heterocycles. The maximum Gasteiger partial charge on any atom is 0.255 e. The lowest BCUT2D eigenvalue weighted by Gasteiger charge is -2.22. The van der Waals surface area contributed by atoms with Crippen molar-refractivity contribution < 1.29 is 9.59 Å². The van der Waals surface area contributed by atoms with E-state index < -0.39 is 0 Å². The summed E-state index contributed by atoms with van der Waals surface area (Å²) in [6, 6.07) is 15.5. The second-order valence-corrected chi connectivity index (χ2v) is 8.59. The van der Waals surface area contributed by atoms with E-state index in [2.05, 4.69) is 53.6 Å². The van der Waals surface area contributed by atoms with Crippen LogP contribution in [0.25, 0.3) is 0 Å². The molecule has 2 N–H and O–H groups in total. The molecule has 2 atom stereocenters. The molecule has 1 aliphatic rings. The molecule has 0 bridgehead atoms. The van der Waals surface area contributed by atoms with E-state index in [9.17, 15) is 9.59 Å². The van der Waals surface area contributed by atoms with Crippen molar-refractivity contribution in [3.63, 3.8) is 0 Å². The third-order valence-corrected chi connectivity index (χ3v) is 5.89. The van der Waals surface area contributed by atoms with E-state index in [1.165, 1.54) is 5.69 Å². The van der Waals surface area contributed by atoms with Crippen LogP contribution in [0.4, 0.5) is 11.4 Å². The zero-order chi connectivity index (χ0) is 22.4. The van der Waals surface area contributed by atoms with E-state index in [0.717, 1.165) is 38.0 Å². The summed E-state index contributed by atoms with van der Waals surface area (Å²) in [6.07, 6.45) is 3.13. The lowest BCUT2D eigenvalue weighted by molar-refractivity contribution is 0.0936. The Kier molecular flexibility index (Phi) is 7.69. The fourth-order valence-corrected chi connectivity index (χ4v) is 3.94. The number of anilines is 2. The van der Waals surface area contributed by atoms with Gasteiger partial charge in [-0.05, 0) is 82.4 Å². The molecule has 0 aliphatic carbocycles. The minimum atomic E-state index is -0.187. The molecule has 0 radical (unpaired) electrons. The molecule has 166 valence electrons. The monoisotopic (exact) mass is 422 g/mol.